The van der Waals surface area contributed by atoms with Gasteiger partial charge in [-0.25, -0.2) is 0 Å². The maximum Gasteiger partial charge on any atom is 0.119 e. The molecular weight excluding hydrogens is 631 g/mol. The largest absolute Gasteiger partial charge is 0.497 e. The van der Waals surface area contributed by atoms with E-state index in [0.29, 0.717) is 0 Å². The summed E-state index contributed by atoms with van der Waals surface area (Å²) in [6.45, 7) is 0. The maximum atomic E-state index is 5.54. The molecule has 0 spiro atoms. The summed E-state index contributed by atoms with van der Waals surface area (Å²) in [6, 6.07) is 62.6. The summed E-state index contributed by atoms with van der Waals surface area (Å²) in [6.07, 6.45) is 0. The van der Waals surface area contributed by atoms with Crippen molar-refractivity contribution in [1.29, 1.82) is 0 Å². The molecule has 7 aromatic carbocycles. The van der Waals surface area contributed by atoms with Crippen molar-refractivity contribution in [3.63, 3.8) is 0 Å². The van der Waals surface area contributed by atoms with Crippen LogP contribution in [0.5, 0.6) is 17.2 Å². The summed E-state index contributed by atoms with van der Waals surface area (Å²) >= 11 is 0. The molecule has 0 unspecified atom stereocenters. The van der Waals surface area contributed by atoms with Crippen molar-refractivity contribution in [2.45, 2.75) is 0 Å². The molecule has 51 heavy (non-hydrogen) atoms. The highest BCUT2D eigenvalue weighted by Crippen LogP contribution is 2.46. The topological polar surface area (TPSA) is 37.4 Å². The molecule has 6 nitrogen and oxygen atoms in total. The van der Waals surface area contributed by atoms with Crippen LogP contribution in [0.3, 0.4) is 0 Å². The van der Waals surface area contributed by atoms with Gasteiger partial charge in [-0.15, -0.1) is 0 Å². The van der Waals surface area contributed by atoms with Crippen LogP contribution in [0.4, 0.5) is 51.2 Å². The average Bonchev–Trinajstić information content (AvgIpc) is 3.20. The van der Waals surface area contributed by atoms with Crippen molar-refractivity contribution in [2.75, 3.05) is 36.0 Å². The molecule has 0 radical (unpaired) electrons. The molecule has 0 N–H and O–H groups in total. The standard InChI is InChI=1S/C45H39N3O3/c1-49-43-25-19-37(20-26-43)46(34-13-7-4-8-14-34)40-31-41(47(35-15-9-5-10-16-35)38-21-27-44(50-2)28-22-38)33-42(32-40)48(36-17-11-6-12-18-36)39-23-29-45(51-3)30-24-39/h4-33H,1-3H3. The van der Waals surface area contributed by atoms with Gasteiger partial charge >= 0.3 is 0 Å². The number of hydrogen-bond acceptors (Lipinski definition) is 6. The number of nitrogens with zero attached hydrogens (tertiary/aromatic N) is 3. The van der Waals surface area contributed by atoms with Gasteiger partial charge in [0.2, 0.25) is 0 Å². The number of para-hydroxylation sites is 3. The quantitative estimate of drug-likeness (QED) is 0.129. The van der Waals surface area contributed by atoms with Crippen LogP contribution in [0, 0.1) is 0 Å². The lowest BCUT2D eigenvalue weighted by Crippen LogP contribution is -2.16. The van der Waals surface area contributed by atoms with Gasteiger partial charge in [-0.3, -0.25) is 0 Å². The Hall–Kier alpha value is -6.66. The van der Waals surface area contributed by atoms with E-state index in [4.69, 9.17) is 14.2 Å². The second kappa shape index (κ2) is 15.3. The molecule has 0 heterocycles. The average molecular weight is 670 g/mol. The minimum Gasteiger partial charge on any atom is -0.497 e. The molecule has 0 aliphatic heterocycles. The van der Waals surface area contributed by atoms with E-state index in [1.54, 1.807) is 21.3 Å². The first-order chi connectivity index (χ1) is 25.1. The predicted octanol–water partition coefficient (Wildman–Crippen LogP) is 12.1. The Balaban J connectivity index is 1.52. The third-order valence-electron chi connectivity index (χ3n) is 8.70. The van der Waals surface area contributed by atoms with Crippen molar-refractivity contribution < 1.29 is 14.2 Å². The molecule has 252 valence electrons. The van der Waals surface area contributed by atoms with Gasteiger partial charge in [-0.1, -0.05) is 54.6 Å². The summed E-state index contributed by atoms with van der Waals surface area (Å²) in [5, 5.41) is 0. The summed E-state index contributed by atoms with van der Waals surface area (Å²) in [5.41, 5.74) is 8.99. The summed E-state index contributed by atoms with van der Waals surface area (Å²) in [4.78, 5) is 6.84. The van der Waals surface area contributed by atoms with Crippen LogP contribution in [-0.2, 0) is 0 Å². The van der Waals surface area contributed by atoms with Crippen LogP contribution in [0.1, 0.15) is 0 Å². The predicted molar refractivity (Wildman–Crippen MR) is 210 cm³/mol. The van der Waals surface area contributed by atoms with Crippen LogP contribution in [0.15, 0.2) is 182 Å². The van der Waals surface area contributed by atoms with E-state index in [9.17, 15) is 0 Å². The second-order valence-corrected chi connectivity index (χ2v) is 11.8. The fourth-order valence-corrected chi connectivity index (χ4v) is 6.23. The lowest BCUT2D eigenvalue weighted by atomic mass is 10.1. The molecule has 0 aliphatic rings. The van der Waals surface area contributed by atoms with E-state index in [1.165, 1.54) is 0 Å². The number of methoxy groups -OCH3 is 3. The third kappa shape index (κ3) is 7.21. The molecule has 0 bridgehead atoms. The van der Waals surface area contributed by atoms with Crippen molar-refractivity contribution in [1.82, 2.24) is 0 Å². The fourth-order valence-electron chi connectivity index (χ4n) is 6.23. The lowest BCUT2D eigenvalue weighted by molar-refractivity contribution is 0.414. The molecule has 6 heteroatoms. The van der Waals surface area contributed by atoms with E-state index in [-0.39, 0.29) is 0 Å². The maximum absolute atomic E-state index is 5.54. The number of hydrogen-bond donors (Lipinski definition) is 0. The van der Waals surface area contributed by atoms with E-state index in [1.807, 2.05) is 54.6 Å². The van der Waals surface area contributed by atoms with E-state index in [0.717, 1.165) is 68.4 Å². The molecule has 0 saturated heterocycles. The van der Waals surface area contributed by atoms with Crippen LogP contribution >= 0.6 is 0 Å². The number of benzene rings is 7. The third-order valence-corrected chi connectivity index (χ3v) is 8.70. The van der Waals surface area contributed by atoms with Gasteiger partial charge in [0.1, 0.15) is 17.2 Å². The highest BCUT2D eigenvalue weighted by molar-refractivity contribution is 5.89. The molecule has 0 saturated carbocycles. The van der Waals surface area contributed by atoms with E-state index < -0.39 is 0 Å². The Labute approximate surface area is 299 Å². The van der Waals surface area contributed by atoms with Crippen LogP contribution < -0.4 is 28.9 Å². The van der Waals surface area contributed by atoms with E-state index in [2.05, 4.69) is 142 Å². The molecule has 7 rings (SSSR count). The molecule has 7 aromatic rings. The highest BCUT2D eigenvalue weighted by Gasteiger charge is 2.22. The van der Waals surface area contributed by atoms with Crippen molar-refractivity contribution in [3.8, 4) is 17.2 Å². The van der Waals surface area contributed by atoms with Gasteiger partial charge in [0.15, 0.2) is 0 Å². The highest BCUT2D eigenvalue weighted by atomic mass is 16.5. The van der Waals surface area contributed by atoms with Crippen LogP contribution in [0.25, 0.3) is 0 Å². The molecular formula is C45H39N3O3. The normalized spacial score (nSPS) is 10.6. The van der Waals surface area contributed by atoms with Gasteiger partial charge in [-0.2, -0.15) is 0 Å². The van der Waals surface area contributed by atoms with Gasteiger partial charge in [0, 0.05) is 34.1 Å². The Morgan fingerprint density at radius 2 is 0.471 bits per heavy atom. The Morgan fingerprint density at radius 1 is 0.255 bits per heavy atom. The fraction of sp³-hybridized carbons (Fsp3) is 0.0667. The lowest BCUT2D eigenvalue weighted by Gasteiger charge is -2.33. The first-order valence-corrected chi connectivity index (χ1v) is 16.8. The van der Waals surface area contributed by atoms with Gasteiger partial charge < -0.3 is 28.9 Å². The van der Waals surface area contributed by atoms with Gasteiger partial charge in [-0.05, 0) is 127 Å². The Bertz CT molecular complexity index is 1880. The van der Waals surface area contributed by atoms with Crippen molar-refractivity contribution in [3.05, 3.63) is 182 Å². The molecule has 0 amide bonds. The monoisotopic (exact) mass is 669 g/mol. The molecule has 0 atom stereocenters. The number of rotatable bonds is 12. The first-order valence-electron chi connectivity index (χ1n) is 16.8. The van der Waals surface area contributed by atoms with Gasteiger partial charge in [0.25, 0.3) is 0 Å². The molecule has 0 aromatic heterocycles. The number of ether oxygens (including phenoxy) is 3. The zero-order chi connectivity index (χ0) is 35.0. The molecule has 0 aliphatic carbocycles. The van der Waals surface area contributed by atoms with Gasteiger partial charge in [0.05, 0.1) is 38.4 Å². The zero-order valence-corrected chi connectivity index (χ0v) is 28.9. The smallest absolute Gasteiger partial charge is 0.119 e. The second-order valence-electron chi connectivity index (χ2n) is 11.8. The summed E-state index contributed by atoms with van der Waals surface area (Å²) < 4.78 is 16.6. The van der Waals surface area contributed by atoms with Crippen molar-refractivity contribution in [2.24, 2.45) is 0 Å². The molecule has 0 fully saturated rings. The summed E-state index contributed by atoms with van der Waals surface area (Å²) in [5.74, 6) is 2.39. The zero-order valence-electron chi connectivity index (χ0n) is 28.9. The minimum atomic E-state index is 0.797. The number of anilines is 9. The van der Waals surface area contributed by atoms with Crippen molar-refractivity contribution >= 4 is 51.2 Å². The first kappa shape index (κ1) is 32.9. The Kier molecular flexibility index (Phi) is 9.84. The Morgan fingerprint density at radius 3 is 0.686 bits per heavy atom. The van der Waals surface area contributed by atoms with Crippen LogP contribution in [-0.4, -0.2) is 21.3 Å². The van der Waals surface area contributed by atoms with E-state index >= 15 is 0 Å². The van der Waals surface area contributed by atoms with Crippen LogP contribution in [0.2, 0.25) is 0 Å². The minimum absolute atomic E-state index is 0.797. The SMILES string of the molecule is COc1ccc(N(c2ccccc2)c2cc(N(c3ccccc3)c3ccc(OC)cc3)cc(N(c3ccccc3)c3ccc(OC)cc3)c2)cc1. The summed E-state index contributed by atoms with van der Waals surface area (Å²) in [7, 11) is 5.07.